The van der Waals surface area contributed by atoms with Crippen LogP contribution in [0.25, 0.3) is 11.1 Å². The fourth-order valence-electron chi connectivity index (χ4n) is 3.66. The van der Waals surface area contributed by atoms with Crippen molar-refractivity contribution < 1.29 is 9.53 Å². The van der Waals surface area contributed by atoms with Crippen molar-refractivity contribution in [3.05, 3.63) is 84.2 Å². The predicted molar refractivity (Wildman–Crippen MR) is 119 cm³/mol. The number of hydrogen-bond donors (Lipinski definition) is 1. The summed E-state index contributed by atoms with van der Waals surface area (Å²) in [6.07, 6.45) is 2.23. The average molecular weight is 402 g/mol. The monoisotopic (exact) mass is 401 g/mol. The van der Waals surface area contributed by atoms with Gasteiger partial charge in [0.1, 0.15) is 0 Å². The zero-order valence-electron chi connectivity index (χ0n) is 17.3. The van der Waals surface area contributed by atoms with Gasteiger partial charge in [0.15, 0.2) is 0 Å². The van der Waals surface area contributed by atoms with Crippen molar-refractivity contribution in [3.8, 4) is 11.1 Å². The predicted octanol–water partition coefficient (Wildman–Crippen LogP) is 4.01. The Kier molecular flexibility index (Phi) is 6.40. The SMILES string of the molecule is CC(NC(=O)Cc1ccc(-c2ccccc2)cc1)c1ccc(N2CCOCC2)cn1. The minimum Gasteiger partial charge on any atom is -0.378 e. The van der Waals surface area contributed by atoms with Gasteiger partial charge in [-0.3, -0.25) is 9.78 Å². The maximum absolute atomic E-state index is 12.5. The van der Waals surface area contributed by atoms with E-state index >= 15 is 0 Å². The molecule has 4 rings (SSSR count). The van der Waals surface area contributed by atoms with Crippen LogP contribution in [0.2, 0.25) is 0 Å². The lowest BCUT2D eigenvalue weighted by atomic mass is 10.0. The Balaban J connectivity index is 1.32. The molecule has 1 N–H and O–H groups in total. The number of carbonyl (C=O) groups is 1. The summed E-state index contributed by atoms with van der Waals surface area (Å²) in [7, 11) is 0. The summed E-state index contributed by atoms with van der Waals surface area (Å²) >= 11 is 0. The van der Waals surface area contributed by atoms with E-state index in [0.29, 0.717) is 6.42 Å². The molecular weight excluding hydrogens is 374 g/mol. The van der Waals surface area contributed by atoms with Crippen LogP contribution in [0.5, 0.6) is 0 Å². The molecule has 1 amide bonds. The van der Waals surface area contributed by atoms with Crippen molar-refractivity contribution in [3.63, 3.8) is 0 Å². The Morgan fingerprint density at radius 2 is 1.70 bits per heavy atom. The second-order valence-corrected chi connectivity index (χ2v) is 7.57. The highest BCUT2D eigenvalue weighted by Gasteiger charge is 2.14. The van der Waals surface area contributed by atoms with Gasteiger partial charge in [0, 0.05) is 13.1 Å². The molecule has 5 nitrogen and oxygen atoms in total. The van der Waals surface area contributed by atoms with Gasteiger partial charge in [0.25, 0.3) is 0 Å². The lowest BCUT2D eigenvalue weighted by Gasteiger charge is -2.28. The molecule has 2 heterocycles. The molecule has 2 aromatic carbocycles. The topological polar surface area (TPSA) is 54.5 Å². The molecule has 1 atom stereocenters. The summed E-state index contributed by atoms with van der Waals surface area (Å²) in [6, 6.07) is 22.3. The number of aromatic nitrogens is 1. The summed E-state index contributed by atoms with van der Waals surface area (Å²) < 4.78 is 5.40. The number of nitrogens with zero attached hydrogens (tertiary/aromatic N) is 2. The highest BCUT2D eigenvalue weighted by atomic mass is 16.5. The van der Waals surface area contributed by atoms with Crippen LogP contribution < -0.4 is 10.2 Å². The number of hydrogen-bond acceptors (Lipinski definition) is 4. The molecule has 5 heteroatoms. The van der Waals surface area contributed by atoms with Gasteiger partial charge < -0.3 is 15.0 Å². The molecule has 0 spiro atoms. The third kappa shape index (κ3) is 5.05. The standard InChI is InChI=1S/C25H27N3O2/c1-19(24-12-11-23(18-26-24)28-13-15-30-16-14-28)27-25(29)17-20-7-9-22(10-8-20)21-5-3-2-4-6-21/h2-12,18-19H,13-17H2,1H3,(H,27,29). The zero-order chi connectivity index (χ0) is 20.8. The number of benzene rings is 2. The molecule has 1 aliphatic rings. The van der Waals surface area contributed by atoms with Gasteiger partial charge >= 0.3 is 0 Å². The van der Waals surface area contributed by atoms with Crippen LogP contribution >= 0.6 is 0 Å². The van der Waals surface area contributed by atoms with E-state index in [4.69, 9.17) is 4.74 Å². The molecule has 30 heavy (non-hydrogen) atoms. The molecule has 3 aromatic rings. The van der Waals surface area contributed by atoms with Crippen LogP contribution in [-0.4, -0.2) is 37.2 Å². The molecule has 0 radical (unpaired) electrons. The minimum absolute atomic E-state index is 0.00554. The molecular formula is C25H27N3O2. The third-order valence-corrected chi connectivity index (χ3v) is 5.39. The summed E-state index contributed by atoms with van der Waals surface area (Å²) in [5.74, 6) is -0.00554. The summed E-state index contributed by atoms with van der Waals surface area (Å²) in [5, 5.41) is 3.05. The molecule has 0 saturated carbocycles. The van der Waals surface area contributed by atoms with Gasteiger partial charge in [-0.25, -0.2) is 0 Å². The molecule has 1 aromatic heterocycles. The average Bonchev–Trinajstić information content (AvgIpc) is 2.81. The maximum atomic E-state index is 12.5. The molecule has 1 saturated heterocycles. The van der Waals surface area contributed by atoms with Crippen LogP contribution in [0.4, 0.5) is 5.69 Å². The number of ether oxygens (including phenoxy) is 1. The minimum atomic E-state index is -0.139. The van der Waals surface area contributed by atoms with E-state index in [1.807, 2.05) is 49.5 Å². The van der Waals surface area contributed by atoms with Gasteiger partial charge in [-0.1, -0.05) is 54.6 Å². The van der Waals surface area contributed by atoms with Crippen LogP contribution in [-0.2, 0) is 16.0 Å². The highest BCUT2D eigenvalue weighted by Crippen LogP contribution is 2.20. The van der Waals surface area contributed by atoms with E-state index < -0.39 is 0 Å². The van der Waals surface area contributed by atoms with Gasteiger partial charge in [0.2, 0.25) is 5.91 Å². The van der Waals surface area contributed by atoms with E-state index in [0.717, 1.165) is 48.8 Å². The van der Waals surface area contributed by atoms with Crippen LogP contribution in [0.1, 0.15) is 24.2 Å². The third-order valence-electron chi connectivity index (χ3n) is 5.39. The van der Waals surface area contributed by atoms with Crippen molar-refractivity contribution in [2.45, 2.75) is 19.4 Å². The first kappa shape index (κ1) is 20.1. The number of morpholine rings is 1. The number of amides is 1. The molecule has 1 fully saturated rings. The first-order valence-corrected chi connectivity index (χ1v) is 10.4. The van der Waals surface area contributed by atoms with Crippen molar-refractivity contribution in [2.24, 2.45) is 0 Å². The first-order chi connectivity index (χ1) is 14.7. The smallest absolute Gasteiger partial charge is 0.224 e. The Hall–Kier alpha value is -3.18. The van der Waals surface area contributed by atoms with Gasteiger partial charge in [-0.05, 0) is 35.7 Å². The number of carbonyl (C=O) groups excluding carboxylic acids is 1. The van der Waals surface area contributed by atoms with Gasteiger partial charge in [-0.15, -0.1) is 0 Å². The maximum Gasteiger partial charge on any atom is 0.224 e. The molecule has 154 valence electrons. The molecule has 1 aliphatic heterocycles. The fourth-order valence-corrected chi connectivity index (χ4v) is 3.66. The molecule has 0 aliphatic carbocycles. The van der Waals surface area contributed by atoms with E-state index in [1.165, 1.54) is 5.56 Å². The Labute approximate surface area is 177 Å². The fraction of sp³-hybridized carbons (Fsp3) is 0.280. The number of rotatable bonds is 6. The normalized spacial score (nSPS) is 14.9. The quantitative estimate of drug-likeness (QED) is 0.678. The van der Waals surface area contributed by atoms with Crippen molar-refractivity contribution in [2.75, 3.05) is 31.2 Å². The zero-order valence-corrected chi connectivity index (χ0v) is 17.3. The number of pyridine rings is 1. The Bertz CT molecular complexity index is 950. The summed E-state index contributed by atoms with van der Waals surface area (Å²) in [4.78, 5) is 19.3. The van der Waals surface area contributed by atoms with Crippen molar-refractivity contribution >= 4 is 11.6 Å². The second kappa shape index (κ2) is 9.55. The van der Waals surface area contributed by atoms with E-state index in [1.54, 1.807) is 0 Å². The number of nitrogens with one attached hydrogen (secondary N) is 1. The first-order valence-electron chi connectivity index (χ1n) is 10.4. The lowest BCUT2D eigenvalue weighted by Crippen LogP contribution is -2.36. The summed E-state index contributed by atoms with van der Waals surface area (Å²) in [6.45, 7) is 5.24. The van der Waals surface area contributed by atoms with Crippen molar-refractivity contribution in [1.29, 1.82) is 0 Å². The highest BCUT2D eigenvalue weighted by molar-refractivity contribution is 5.79. The van der Waals surface area contributed by atoms with Crippen molar-refractivity contribution in [1.82, 2.24) is 10.3 Å². The van der Waals surface area contributed by atoms with Crippen LogP contribution in [0.15, 0.2) is 72.9 Å². The number of anilines is 1. The Morgan fingerprint density at radius 1 is 1.00 bits per heavy atom. The van der Waals surface area contributed by atoms with Crippen LogP contribution in [0, 0.1) is 0 Å². The van der Waals surface area contributed by atoms with Gasteiger partial charge in [0.05, 0.1) is 43.3 Å². The van der Waals surface area contributed by atoms with E-state index in [-0.39, 0.29) is 11.9 Å². The van der Waals surface area contributed by atoms with E-state index in [9.17, 15) is 4.79 Å². The summed E-state index contributed by atoms with van der Waals surface area (Å²) in [5.41, 5.74) is 5.28. The van der Waals surface area contributed by atoms with Gasteiger partial charge in [-0.2, -0.15) is 0 Å². The lowest BCUT2D eigenvalue weighted by molar-refractivity contribution is -0.121. The van der Waals surface area contributed by atoms with E-state index in [2.05, 4.69) is 45.5 Å². The largest absolute Gasteiger partial charge is 0.378 e. The van der Waals surface area contributed by atoms with Crippen LogP contribution in [0.3, 0.4) is 0 Å². The molecule has 1 unspecified atom stereocenters. The Morgan fingerprint density at radius 3 is 2.37 bits per heavy atom. The molecule has 0 bridgehead atoms. The second-order valence-electron chi connectivity index (χ2n) is 7.57.